The lowest BCUT2D eigenvalue weighted by Gasteiger charge is -2.16. The zero-order valence-corrected chi connectivity index (χ0v) is 7.48. The van der Waals surface area contributed by atoms with E-state index in [0.29, 0.717) is 6.42 Å². The molecule has 1 aromatic rings. The molecule has 13 heavy (non-hydrogen) atoms. The van der Waals surface area contributed by atoms with Gasteiger partial charge in [0.05, 0.1) is 6.10 Å². The van der Waals surface area contributed by atoms with Gasteiger partial charge in [0.2, 0.25) is 0 Å². The lowest BCUT2D eigenvalue weighted by atomic mass is 10.0. The Morgan fingerprint density at radius 1 is 1.15 bits per heavy atom. The zero-order valence-electron chi connectivity index (χ0n) is 7.48. The minimum atomic E-state index is -0.696. The van der Waals surface area contributed by atoms with E-state index < -0.39 is 12.2 Å². The Bertz CT molecular complexity index is 296. The molecule has 0 bridgehead atoms. The highest BCUT2D eigenvalue weighted by atomic mass is 16.3. The normalized spacial score (nSPS) is 27.8. The molecular formula is C11H14O2. The zero-order chi connectivity index (χ0) is 9.26. The average molecular weight is 178 g/mol. The van der Waals surface area contributed by atoms with Crippen molar-refractivity contribution >= 4 is 0 Å². The summed E-state index contributed by atoms with van der Waals surface area (Å²) in [5.74, 6) is 0. The molecule has 1 aliphatic carbocycles. The maximum Gasteiger partial charge on any atom is 0.105 e. The Balaban J connectivity index is 2.40. The molecule has 2 heteroatoms. The van der Waals surface area contributed by atoms with Crippen molar-refractivity contribution in [2.45, 2.75) is 31.5 Å². The SMILES string of the molecule is O[C@@H]1CCCc2ccccc2[C@H]1O. The standard InChI is InChI=1S/C11H14O2/c12-10-7-3-5-8-4-1-2-6-9(8)11(10)13/h1-2,4,6,10-13H,3,5,7H2/t10-,11-/m1/s1. The van der Waals surface area contributed by atoms with Crippen LogP contribution in [-0.4, -0.2) is 16.3 Å². The van der Waals surface area contributed by atoms with Gasteiger partial charge in [-0.25, -0.2) is 0 Å². The first-order chi connectivity index (χ1) is 6.29. The van der Waals surface area contributed by atoms with Crippen molar-refractivity contribution < 1.29 is 10.2 Å². The van der Waals surface area contributed by atoms with Crippen LogP contribution in [0.1, 0.15) is 30.1 Å². The lowest BCUT2D eigenvalue weighted by Crippen LogP contribution is -2.16. The highest BCUT2D eigenvalue weighted by molar-refractivity contribution is 5.30. The van der Waals surface area contributed by atoms with Crippen LogP contribution in [0.25, 0.3) is 0 Å². The van der Waals surface area contributed by atoms with Gasteiger partial charge in [0, 0.05) is 0 Å². The second kappa shape index (κ2) is 3.48. The first-order valence-corrected chi connectivity index (χ1v) is 4.73. The van der Waals surface area contributed by atoms with Gasteiger partial charge < -0.3 is 10.2 Å². The van der Waals surface area contributed by atoms with Crippen molar-refractivity contribution in [3.63, 3.8) is 0 Å². The first-order valence-electron chi connectivity index (χ1n) is 4.73. The van der Waals surface area contributed by atoms with Crippen molar-refractivity contribution in [2.24, 2.45) is 0 Å². The third-order valence-corrected chi connectivity index (χ3v) is 2.68. The number of aryl methyl sites for hydroxylation is 1. The molecule has 0 fully saturated rings. The van der Waals surface area contributed by atoms with Gasteiger partial charge in [-0.05, 0) is 30.4 Å². The molecule has 0 saturated heterocycles. The molecule has 2 N–H and O–H groups in total. The van der Waals surface area contributed by atoms with E-state index in [9.17, 15) is 10.2 Å². The third kappa shape index (κ3) is 1.60. The summed E-state index contributed by atoms with van der Waals surface area (Å²) in [6, 6.07) is 7.80. The molecule has 0 aromatic heterocycles. The third-order valence-electron chi connectivity index (χ3n) is 2.68. The maximum absolute atomic E-state index is 9.76. The average Bonchev–Trinajstić information content (AvgIpc) is 2.29. The summed E-state index contributed by atoms with van der Waals surface area (Å²) in [7, 11) is 0. The van der Waals surface area contributed by atoms with Gasteiger partial charge in [-0.3, -0.25) is 0 Å². The Hall–Kier alpha value is -0.860. The summed E-state index contributed by atoms with van der Waals surface area (Å²) < 4.78 is 0. The number of fused-ring (bicyclic) bond motifs is 1. The fraction of sp³-hybridized carbons (Fsp3) is 0.455. The first kappa shape index (κ1) is 8.73. The van der Waals surface area contributed by atoms with Crippen LogP contribution in [0.3, 0.4) is 0 Å². The minimum absolute atomic E-state index is 0.594. The minimum Gasteiger partial charge on any atom is -0.390 e. The number of aliphatic hydroxyl groups is 2. The van der Waals surface area contributed by atoms with Crippen LogP contribution >= 0.6 is 0 Å². The van der Waals surface area contributed by atoms with Gasteiger partial charge in [-0.1, -0.05) is 24.3 Å². The predicted octanol–water partition coefficient (Wildman–Crippen LogP) is 1.42. The van der Waals surface area contributed by atoms with Gasteiger partial charge in [0.25, 0.3) is 0 Å². The number of hydrogen-bond acceptors (Lipinski definition) is 2. The van der Waals surface area contributed by atoms with Crippen molar-refractivity contribution in [1.82, 2.24) is 0 Å². The van der Waals surface area contributed by atoms with Gasteiger partial charge in [-0.15, -0.1) is 0 Å². The number of rotatable bonds is 0. The van der Waals surface area contributed by atoms with Gasteiger partial charge in [0.1, 0.15) is 6.10 Å². The van der Waals surface area contributed by atoms with E-state index in [1.54, 1.807) is 0 Å². The number of benzene rings is 1. The summed E-state index contributed by atoms with van der Waals surface area (Å²) in [4.78, 5) is 0. The second-order valence-electron chi connectivity index (χ2n) is 3.60. The monoisotopic (exact) mass is 178 g/mol. The van der Waals surface area contributed by atoms with Gasteiger partial charge in [-0.2, -0.15) is 0 Å². The second-order valence-corrected chi connectivity index (χ2v) is 3.60. The van der Waals surface area contributed by atoms with Crippen LogP contribution in [-0.2, 0) is 6.42 Å². The van der Waals surface area contributed by atoms with Crippen LogP contribution in [0.5, 0.6) is 0 Å². The summed E-state index contributed by atoms with van der Waals surface area (Å²) in [6.45, 7) is 0. The summed E-state index contributed by atoms with van der Waals surface area (Å²) >= 11 is 0. The Morgan fingerprint density at radius 2 is 1.92 bits per heavy atom. The van der Waals surface area contributed by atoms with Crippen LogP contribution < -0.4 is 0 Å². The van der Waals surface area contributed by atoms with Crippen LogP contribution in [0.4, 0.5) is 0 Å². The smallest absolute Gasteiger partial charge is 0.105 e. The molecule has 0 spiro atoms. The molecule has 2 rings (SSSR count). The highest BCUT2D eigenvalue weighted by Crippen LogP contribution is 2.28. The Morgan fingerprint density at radius 3 is 2.77 bits per heavy atom. The Kier molecular flexibility index (Phi) is 2.34. The summed E-state index contributed by atoms with van der Waals surface area (Å²) in [5, 5.41) is 19.3. The molecule has 0 saturated carbocycles. The number of hydrogen-bond donors (Lipinski definition) is 2. The van der Waals surface area contributed by atoms with Crippen molar-refractivity contribution in [3.05, 3.63) is 35.4 Å². The maximum atomic E-state index is 9.76. The molecule has 0 aliphatic heterocycles. The van der Waals surface area contributed by atoms with E-state index in [-0.39, 0.29) is 0 Å². The van der Waals surface area contributed by atoms with E-state index in [4.69, 9.17) is 0 Å². The topological polar surface area (TPSA) is 40.5 Å². The molecule has 2 atom stereocenters. The molecule has 1 aliphatic rings. The van der Waals surface area contributed by atoms with Crippen LogP contribution in [0, 0.1) is 0 Å². The van der Waals surface area contributed by atoms with Crippen LogP contribution in [0.2, 0.25) is 0 Å². The van der Waals surface area contributed by atoms with Crippen molar-refractivity contribution in [3.8, 4) is 0 Å². The fourth-order valence-corrected chi connectivity index (χ4v) is 1.92. The van der Waals surface area contributed by atoms with Gasteiger partial charge in [0.15, 0.2) is 0 Å². The molecule has 70 valence electrons. The largest absolute Gasteiger partial charge is 0.390 e. The molecule has 0 radical (unpaired) electrons. The van der Waals surface area contributed by atoms with Crippen molar-refractivity contribution in [2.75, 3.05) is 0 Å². The molecule has 1 aromatic carbocycles. The molecule has 2 nitrogen and oxygen atoms in total. The quantitative estimate of drug-likeness (QED) is 0.590. The van der Waals surface area contributed by atoms with E-state index in [0.717, 1.165) is 18.4 Å². The van der Waals surface area contributed by atoms with Crippen LogP contribution in [0.15, 0.2) is 24.3 Å². The lowest BCUT2D eigenvalue weighted by molar-refractivity contribution is 0.0153. The predicted molar refractivity (Wildman–Crippen MR) is 50.3 cm³/mol. The fourth-order valence-electron chi connectivity index (χ4n) is 1.92. The molecule has 0 heterocycles. The summed E-state index contributed by atoms with van der Waals surface area (Å²) in [6.07, 6.45) is 1.32. The number of aliphatic hydroxyl groups excluding tert-OH is 2. The molecule has 0 amide bonds. The molecular weight excluding hydrogens is 164 g/mol. The van der Waals surface area contributed by atoms with Gasteiger partial charge >= 0.3 is 0 Å². The van der Waals surface area contributed by atoms with E-state index >= 15 is 0 Å². The van der Waals surface area contributed by atoms with Crippen molar-refractivity contribution in [1.29, 1.82) is 0 Å². The van der Waals surface area contributed by atoms with E-state index in [1.807, 2.05) is 24.3 Å². The van der Waals surface area contributed by atoms with E-state index in [2.05, 4.69) is 0 Å². The van der Waals surface area contributed by atoms with E-state index in [1.165, 1.54) is 5.56 Å². The Labute approximate surface area is 77.8 Å². The molecule has 0 unspecified atom stereocenters. The highest BCUT2D eigenvalue weighted by Gasteiger charge is 2.23. The summed E-state index contributed by atoms with van der Waals surface area (Å²) in [5.41, 5.74) is 2.07.